The molecule has 32 heavy (non-hydrogen) atoms. The summed E-state index contributed by atoms with van der Waals surface area (Å²) in [6.07, 6.45) is 3.29. The minimum atomic E-state index is -1.13. The molecule has 4 aliphatic rings. The number of nitrogens with two attached hydrogens (primary N) is 1. The Morgan fingerprint density at radius 3 is 2.50 bits per heavy atom. The van der Waals surface area contributed by atoms with Crippen LogP contribution in [0.4, 0.5) is 4.79 Å². The lowest BCUT2D eigenvalue weighted by atomic mass is 9.59. The van der Waals surface area contributed by atoms with Crippen molar-refractivity contribution >= 4 is 45.3 Å². The van der Waals surface area contributed by atoms with Gasteiger partial charge in [-0.05, 0) is 40.8 Å². The van der Waals surface area contributed by atoms with Gasteiger partial charge in [-0.15, -0.1) is 0 Å². The molecule has 5 rings (SSSR count). The second kappa shape index (κ2) is 7.09. The Labute approximate surface area is 190 Å². The van der Waals surface area contributed by atoms with Gasteiger partial charge in [-0.2, -0.15) is 4.90 Å². The van der Waals surface area contributed by atoms with Crippen molar-refractivity contribution < 1.29 is 29.1 Å². The number of phenolic OH excluding ortho intramolecular Hbond substituents is 1. The number of allylic oxidation sites excluding steroid dienone is 6. The summed E-state index contributed by atoms with van der Waals surface area (Å²) >= 11 is 3.14. The molecule has 8 nitrogen and oxygen atoms in total. The molecule has 1 heterocycles. The number of urea groups is 1. The summed E-state index contributed by atoms with van der Waals surface area (Å²) in [6.45, 7) is 0. The molecule has 0 aromatic heterocycles. The molecule has 1 aromatic rings. The van der Waals surface area contributed by atoms with Crippen molar-refractivity contribution in [3.05, 3.63) is 63.2 Å². The number of ketones is 2. The highest BCUT2D eigenvalue weighted by Crippen LogP contribution is 2.56. The summed E-state index contributed by atoms with van der Waals surface area (Å²) in [4.78, 5) is 64.0. The van der Waals surface area contributed by atoms with Gasteiger partial charge in [0.1, 0.15) is 5.75 Å². The lowest BCUT2D eigenvalue weighted by Gasteiger charge is -2.42. The predicted molar refractivity (Wildman–Crippen MR) is 114 cm³/mol. The van der Waals surface area contributed by atoms with Gasteiger partial charge in [-0.25, -0.2) is 4.79 Å². The number of hydrogen-bond acceptors (Lipinski definition) is 6. The molecule has 162 valence electrons. The van der Waals surface area contributed by atoms with Crippen LogP contribution in [-0.2, 0) is 19.2 Å². The van der Waals surface area contributed by atoms with Crippen LogP contribution in [0.3, 0.4) is 0 Å². The molecule has 4 amide bonds. The maximum atomic E-state index is 13.1. The first-order chi connectivity index (χ1) is 15.2. The van der Waals surface area contributed by atoms with E-state index in [1.165, 1.54) is 12.1 Å². The fourth-order valence-electron chi connectivity index (χ4n) is 5.51. The minimum absolute atomic E-state index is 0.0468. The SMILES string of the molecule is NC(=O)N1C(=O)C2CC=C3C(c4ccccc4O)C4=C(CC3C2C1=O)C(=O)C(Br)=CC4=O. The monoisotopic (exact) mass is 496 g/mol. The van der Waals surface area contributed by atoms with Crippen LogP contribution < -0.4 is 5.73 Å². The maximum Gasteiger partial charge on any atom is 0.328 e. The zero-order chi connectivity index (χ0) is 22.9. The number of rotatable bonds is 1. The molecular weight excluding hydrogens is 480 g/mol. The molecule has 1 fully saturated rings. The fourth-order valence-corrected chi connectivity index (χ4v) is 5.96. The van der Waals surface area contributed by atoms with Gasteiger partial charge >= 0.3 is 6.03 Å². The first kappa shape index (κ1) is 20.6. The number of carbonyl (C=O) groups is 5. The van der Waals surface area contributed by atoms with Crippen molar-refractivity contribution in [1.82, 2.24) is 4.90 Å². The Morgan fingerprint density at radius 1 is 1.09 bits per heavy atom. The van der Waals surface area contributed by atoms with Gasteiger partial charge in [-0.1, -0.05) is 29.8 Å². The molecule has 1 aliphatic heterocycles. The lowest BCUT2D eigenvalue weighted by Crippen LogP contribution is -2.42. The van der Waals surface area contributed by atoms with E-state index in [-0.39, 0.29) is 45.8 Å². The number of carbonyl (C=O) groups excluding carboxylic acids is 5. The average Bonchev–Trinajstić information content (AvgIpc) is 3.01. The molecule has 0 radical (unpaired) electrons. The van der Waals surface area contributed by atoms with Crippen LogP contribution in [0, 0.1) is 17.8 Å². The number of benzene rings is 1. The number of amides is 4. The summed E-state index contributed by atoms with van der Waals surface area (Å²) in [5.74, 6) is -5.07. The summed E-state index contributed by atoms with van der Waals surface area (Å²) < 4.78 is 0.115. The molecule has 4 atom stereocenters. The zero-order valence-corrected chi connectivity index (χ0v) is 18.2. The van der Waals surface area contributed by atoms with E-state index in [4.69, 9.17) is 5.73 Å². The van der Waals surface area contributed by atoms with E-state index in [0.29, 0.717) is 16.0 Å². The molecule has 0 bridgehead atoms. The van der Waals surface area contributed by atoms with E-state index in [1.54, 1.807) is 24.3 Å². The average molecular weight is 497 g/mol. The Bertz CT molecular complexity index is 1240. The molecule has 9 heteroatoms. The van der Waals surface area contributed by atoms with Gasteiger partial charge in [0.05, 0.1) is 16.3 Å². The fraction of sp³-hybridized carbons (Fsp3) is 0.261. The third kappa shape index (κ3) is 2.70. The number of imide groups is 3. The highest BCUT2D eigenvalue weighted by Gasteiger charge is 2.57. The summed E-state index contributed by atoms with van der Waals surface area (Å²) in [5, 5.41) is 10.6. The number of nitrogens with zero attached hydrogens (tertiary/aromatic N) is 1. The molecule has 0 spiro atoms. The number of fused-ring (bicyclic) bond motifs is 3. The standard InChI is InChI=1S/C23H17BrN2O6/c24-14-8-16(28)19-13(20(14)29)7-12-9(17(19)10-3-1-2-4-15(10)27)5-6-11-18(12)22(31)26(21(11)30)23(25)32/h1-5,8,11-12,17-18,27H,6-7H2,(H2,25,32). The third-order valence-electron chi connectivity index (χ3n) is 6.80. The summed E-state index contributed by atoms with van der Waals surface area (Å²) in [5.41, 5.74) is 6.92. The quantitative estimate of drug-likeness (QED) is 0.347. The van der Waals surface area contributed by atoms with Crippen molar-refractivity contribution in [2.45, 2.75) is 18.8 Å². The molecule has 3 N–H and O–H groups in total. The highest BCUT2D eigenvalue weighted by molar-refractivity contribution is 9.12. The van der Waals surface area contributed by atoms with Crippen molar-refractivity contribution in [3.63, 3.8) is 0 Å². The predicted octanol–water partition coefficient (Wildman–Crippen LogP) is 2.23. The van der Waals surface area contributed by atoms with Gasteiger partial charge < -0.3 is 10.8 Å². The van der Waals surface area contributed by atoms with Gasteiger partial charge in [0, 0.05) is 28.7 Å². The van der Waals surface area contributed by atoms with Crippen molar-refractivity contribution in [2.24, 2.45) is 23.5 Å². The Kier molecular flexibility index (Phi) is 4.56. The van der Waals surface area contributed by atoms with Crippen LogP contribution in [0.1, 0.15) is 24.3 Å². The molecule has 1 aromatic carbocycles. The number of Topliss-reactive ketones (excluding diaryl/α,β-unsaturated/α-hetero) is 1. The first-order valence-corrected chi connectivity index (χ1v) is 10.9. The Balaban J connectivity index is 1.71. The second-order valence-corrected chi connectivity index (χ2v) is 9.16. The third-order valence-corrected chi connectivity index (χ3v) is 7.39. The molecule has 0 saturated carbocycles. The highest BCUT2D eigenvalue weighted by atomic mass is 79.9. The minimum Gasteiger partial charge on any atom is -0.508 e. The van der Waals surface area contributed by atoms with Crippen LogP contribution in [0.5, 0.6) is 5.75 Å². The van der Waals surface area contributed by atoms with Crippen molar-refractivity contribution in [1.29, 1.82) is 0 Å². The molecule has 4 unspecified atom stereocenters. The summed E-state index contributed by atoms with van der Waals surface area (Å²) in [7, 11) is 0. The topological polar surface area (TPSA) is 135 Å². The molecular formula is C23H17BrN2O6. The van der Waals surface area contributed by atoms with Crippen LogP contribution in [0.15, 0.2) is 57.6 Å². The summed E-state index contributed by atoms with van der Waals surface area (Å²) in [6, 6.07) is 5.39. The number of aromatic hydroxyl groups is 1. The van der Waals surface area contributed by atoms with Crippen LogP contribution >= 0.6 is 15.9 Å². The molecule has 1 saturated heterocycles. The van der Waals surface area contributed by atoms with E-state index >= 15 is 0 Å². The lowest BCUT2D eigenvalue weighted by molar-refractivity contribution is -0.136. The Morgan fingerprint density at radius 2 is 1.81 bits per heavy atom. The van der Waals surface area contributed by atoms with E-state index < -0.39 is 41.5 Å². The molecule has 3 aliphatic carbocycles. The number of phenols is 1. The van der Waals surface area contributed by atoms with Crippen molar-refractivity contribution in [3.8, 4) is 5.75 Å². The second-order valence-electron chi connectivity index (χ2n) is 8.30. The normalized spacial score (nSPS) is 29.3. The zero-order valence-electron chi connectivity index (χ0n) is 16.6. The number of halogens is 1. The van der Waals surface area contributed by atoms with Gasteiger partial charge in [-0.3, -0.25) is 19.2 Å². The maximum absolute atomic E-state index is 13.1. The number of primary amides is 1. The largest absolute Gasteiger partial charge is 0.508 e. The van der Waals surface area contributed by atoms with Crippen LogP contribution in [0.2, 0.25) is 0 Å². The number of likely N-dealkylation sites (tertiary alicyclic amines) is 1. The first-order valence-electron chi connectivity index (χ1n) is 10.1. The Hall–Kier alpha value is -3.33. The van der Waals surface area contributed by atoms with Crippen molar-refractivity contribution in [2.75, 3.05) is 0 Å². The van der Waals surface area contributed by atoms with E-state index in [1.807, 2.05) is 0 Å². The number of para-hydroxylation sites is 1. The van der Waals surface area contributed by atoms with Crippen LogP contribution in [0.25, 0.3) is 0 Å². The van der Waals surface area contributed by atoms with E-state index in [0.717, 1.165) is 0 Å². The van der Waals surface area contributed by atoms with Crippen LogP contribution in [-0.4, -0.2) is 39.4 Å². The van der Waals surface area contributed by atoms with Gasteiger partial charge in [0.2, 0.25) is 11.8 Å². The van der Waals surface area contributed by atoms with Gasteiger partial charge in [0.25, 0.3) is 0 Å². The smallest absolute Gasteiger partial charge is 0.328 e. The van der Waals surface area contributed by atoms with E-state index in [9.17, 15) is 29.1 Å². The van der Waals surface area contributed by atoms with Gasteiger partial charge in [0.15, 0.2) is 11.6 Å². The van der Waals surface area contributed by atoms with E-state index in [2.05, 4.69) is 15.9 Å². The number of hydrogen-bond donors (Lipinski definition) is 2.